The molecule has 1 aliphatic heterocycles. The summed E-state index contributed by atoms with van der Waals surface area (Å²) in [6.45, 7) is 8.45. The molecule has 188 valence electrons. The minimum absolute atomic E-state index is 0.0184. The molecule has 1 fully saturated rings. The van der Waals surface area contributed by atoms with Gasteiger partial charge in [0.15, 0.2) is 0 Å². The van der Waals surface area contributed by atoms with Gasteiger partial charge in [-0.05, 0) is 49.4 Å². The first-order valence-electron chi connectivity index (χ1n) is 12.1. The number of aromatic nitrogens is 3. The van der Waals surface area contributed by atoms with Gasteiger partial charge in [0.25, 0.3) is 0 Å². The number of anilines is 3. The van der Waals surface area contributed by atoms with Crippen LogP contribution in [0.5, 0.6) is 5.75 Å². The van der Waals surface area contributed by atoms with E-state index in [0.29, 0.717) is 45.1 Å². The first kappa shape index (κ1) is 24.3. The van der Waals surface area contributed by atoms with Crippen molar-refractivity contribution in [1.82, 2.24) is 19.9 Å². The predicted molar refractivity (Wildman–Crippen MR) is 142 cm³/mol. The zero-order valence-electron chi connectivity index (χ0n) is 20.4. The highest BCUT2D eigenvalue weighted by Crippen LogP contribution is 2.35. The van der Waals surface area contributed by atoms with E-state index in [1.54, 1.807) is 42.6 Å². The standard InChI is InChI=1S/C28H27FN6O2/c1-3-27(36)34-25-14-21-24(15-26(25)37-19-10-12-35(4-2)16-19)31-17-32-28(21)33-18-9-11-30-23(13-18)20-7-5-6-8-22(20)29/h3,5-9,11,13-15,17,19H,1,4,10,12,16H2,2H3,(H,34,36)(H,30,31,32,33). The van der Waals surface area contributed by atoms with Crippen molar-refractivity contribution in [3.63, 3.8) is 0 Å². The molecule has 1 aliphatic rings. The van der Waals surface area contributed by atoms with Gasteiger partial charge in [-0.15, -0.1) is 0 Å². The molecule has 37 heavy (non-hydrogen) atoms. The molecule has 3 heterocycles. The molecule has 4 aromatic rings. The molecule has 8 nitrogen and oxygen atoms in total. The van der Waals surface area contributed by atoms with Crippen LogP contribution in [0.15, 0.2) is 73.7 Å². The largest absolute Gasteiger partial charge is 0.487 e. The Bertz CT molecular complexity index is 1460. The second-order valence-corrected chi connectivity index (χ2v) is 8.74. The summed E-state index contributed by atoms with van der Waals surface area (Å²) in [6.07, 6.45) is 5.21. The van der Waals surface area contributed by atoms with E-state index in [1.807, 2.05) is 6.07 Å². The molecule has 0 aliphatic carbocycles. The van der Waals surface area contributed by atoms with E-state index in [-0.39, 0.29) is 17.8 Å². The summed E-state index contributed by atoms with van der Waals surface area (Å²) in [7, 11) is 0. The molecule has 2 aromatic heterocycles. The van der Waals surface area contributed by atoms with Crippen molar-refractivity contribution in [2.75, 3.05) is 30.3 Å². The monoisotopic (exact) mass is 498 g/mol. The van der Waals surface area contributed by atoms with Crippen molar-refractivity contribution in [1.29, 1.82) is 0 Å². The Morgan fingerprint density at radius 2 is 2.08 bits per heavy atom. The zero-order chi connectivity index (χ0) is 25.8. The van der Waals surface area contributed by atoms with Crippen LogP contribution in [0.2, 0.25) is 0 Å². The van der Waals surface area contributed by atoms with Crippen molar-refractivity contribution in [2.45, 2.75) is 19.4 Å². The fourth-order valence-electron chi connectivity index (χ4n) is 4.38. The van der Waals surface area contributed by atoms with E-state index in [1.165, 1.54) is 18.5 Å². The van der Waals surface area contributed by atoms with Gasteiger partial charge in [0.2, 0.25) is 5.91 Å². The molecule has 5 rings (SSSR count). The summed E-state index contributed by atoms with van der Waals surface area (Å²) in [5, 5.41) is 6.81. The molecular formula is C28H27FN6O2. The SMILES string of the molecule is C=CC(=O)Nc1cc2c(Nc3ccnc(-c4ccccc4F)c3)ncnc2cc1OC1CCN(CC)C1. The van der Waals surface area contributed by atoms with E-state index in [4.69, 9.17) is 4.74 Å². The average Bonchev–Trinajstić information content (AvgIpc) is 3.37. The molecular weight excluding hydrogens is 471 g/mol. The number of fused-ring (bicyclic) bond motifs is 1. The molecule has 1 amide bonds. The number of pyridine rings is 1. The number of nitrogens with zero attached hydrogens (tertiary/aromatic N) is 4. The number of amides is 1. The van der Waals surface area contributed by atoms with E-state index < -0.39 is 0 Å². The number of hydrogen-bond donors (Lipinski definition) is 2. The van der Waals surface area contributed by atoms with Crippen LogP contribution in [-0.4, -0.2) is 51.5 Å². The number of benzene rings is 2. The third-order valence-electron chi connectivity index (χ3n) is 6.32. The zero-order valence-corrected chi connectivity index (χ0v) is 20.4. The van der Waals surface area contributed by atoms with Crippen molar-refractivity contribution in [2.24, 2.45) is 0 Å². The molecule has 1 unspecified atom stereocenters. The van der Waals surface area contributed by atoms with Crippen molar-refractivity contribution >= 4 is 34.0 Å². The molecule has 0 spiro atoms. The Morgan fingerprint density at radius 3 is 2.86 bits per heavy atom. The number of likely N-dealkylation sites (N-methyl/N-ethyl adjacent to an activating group) is 1. The Labute approximate surface area is 214 Å². The molecule has 0 bridgehead atoms. The van der Waals surface area contributed by atoms with Crippen LogP contribution in [0.3, 0.4) is 0 Å². The Hall–Kier alpha value is -4.37. The second-order valence-electron chi connectivity index (χ2n) is 8.74. The van der Waals surface area contributed by atoms with E-state index in [2.05, 4.69) is 44.0 Å². The predicted octanol–water partition coefficient (Wildman–Crippen LogP) is 5.17. The van der Waals surface area contributed by atoms with Crippen LogP contribution in [-0.2, 0) is 4.79 Å². The van der Waals surface area contributed by atoms with Gasteiger partial charge in [0.1, 0.15) is 29.8 Å². The van der Waals surface area contributed by atoms with E-state index in [9.17, 15) is 9.18 Å². The minimum Gasteiger partial charge on any atom is -0.487 e. The average molecular weight is 499 g/mol. The smallest absolute Gasteiger partial charge is 0.247 e. The van der Waals surface area contributed by atoms with Gasteiger partial charge in [-0.25, -0.2) is 14.4 Å². The van der Waals surface area contributed by atoms with Crippen LogP contribution in [0.25, 0.3) is 22.2 Å². The third-order valence-corrected chi connectivity index (χ3v) is 6.32. The van der Waals surface area contributed by atoms with Crippen molar-refractivity contribution in [3.8, 4) is 17.0 Å². The van der Waals surface area contributed by atoms with Crippen molar-refractivity contribution < 1.29 is 13.9 Å². The summed E-state index contributed by atoms with van der Waals surface area (Å²) in [6, 6.07) is 13.6. The van der Waals surface area contributed by atoms with Crippen LogP contribution >= 0.6 is 0 Å². The lowest BCUT2D eigenvalue weighted by molar-refractivity contribution is -0.111. The number of rotatable bonds is 8. The summed E-state index contributed by atoms with van der Waals surface area (Å²) < 4.78 is 20.6. The quantitative estimate of drug-likeness (QED) is 0.324. The summed E-state index contributed by atoms with van der Waals surface area (Å²) in [5.41, 5.74) is 2.73. The van der Waals surface area contributed by atoms with Crippen LogP contribution < -0.4 is 15.4 Å². The Morgan fingerprint density at radius 1 is 1.22 bits per heavy atom. The number of likely N-dealkylation sites (tertiary alicyclic amines) is 1. The van der Waals surface area contributed by atoms with Crippen molar-refractivity contribution in [3.05, 3.63) is 79.5 Å². The highest BCUT2D eigenvalue weighted by Gasteiger charge is 2.24. The molecule has 0 saturated carbocycles. The summed E-state index contributed by atoms with van der Waals surface area (Å²) >= 11 is 0. The topological polar surface area (TPSA) is 92.3 Å². The number of hydrogen-bond acceptors (Lipinski definition) is 7. The van der Waals surface area contributed by atoms with Gasteiger partial charge in [-0.3, -0.25) is 14.7 Å². The molecule has 2 aromatic carbocycles. The maximum atomic E-state index is 14.3. The first-order valence-corrected chi connectivity index (χ1v) is 12.1. The lowest BCUT2D eigenvalue weighted by atomic mass is 10.1. The third kappa shape index (κ3) is 5.41. The minimum atomic E-state index is -0.348. The molecule has 0 radical (unpaired) electrons. The summed E-state index contributed by atoms with van der Waals surface area (Å²) in [5.74, 6) is 0.371. The maximum absolute atomic E-state index is 14.3. The number of nitrogens with one attached hydrogen (secondary N) is 2. The van der Waals surface area contributed by atoms with Gasteiger partial charge in [-0.1, -0.05) is 25.6 Å². The van der Waals surface area contributed by atoms with Crippen LogP contribution in [0.4, 0.5) is 21.6 Å². The number of carbonyl (C=O) groups is 1. The highest BCUT2D eigenvalue weighted by molar-refractivity contribution is 6.03. The van der Waals surface area contributed by atoms with Gasteiger partial charge in [0.05, 0.1) is 16.9 Å². The molecule has 1 saturated heterocycles. The Kier molecular flexibility index (Phi) is 7.04. The fourth-order valence-corrected chi connectivity index (χ4v) is 4.38. The highest BCUT2D eigenvalue weighted by atomic mass is 19.1. The summed E-state index contributed by atoms with van der Waals surface area (Å²) in [4.78, 5) is 27.7. The van der Waals surface area contributed by atoms with Gasteiger partial charge >= 0.3 is 0 Å². The number of halogens is 1. The lowest BCUT2D eigenvalue weighted by Gasteiger charge is -2.19. The Balaban J connectivity index is 1.49. The molecule has 9 heteroatoms. The van der Waals surface area contributed by atoms with Gasteiger partial charge in [0, 0.05) is 42.0 Å². The second kappa shape index (κ2) is 10.7. The number of ether oxygens (including phenoxy) is 1. The fraction of sp³-hybridized carbons (Fsp3) is 0.214. The van der Waals surface area contributed by atoms with Gasteiger partial charge < -0.3 is 15.4 Å². The van der Waals surface area contributed by atoms with Gasteiger partial charge in [-0.2, -0.15) is 0 Å². The molecule has 2 N–H and O–H groups in total. The van der Waals surface area contributed by atoms with Crippen LogP contribution in [0, 0.1) is 5.82 Å². The van der Waals surface area contributed by atoms with E-state index in [0.717, 1.165) is 26.1 Å². The lowest BCUT2D eigenvalue weighted by Crippen LogP contribution is -2.25. The normalized spacial score (nSPS) is 15.5. The van der Waals surface area contributed by atoms with E-state index >= 15 is 0 Å². The first-order chi connectivity index (χ1) is 18.0. The maximum Gasteiger partial charge on any atom is 0.247 e. The van der Waals surface area contributed by atoms with Crippen LogP contribution in [0.1, 0.15) is 13.3 Å². The molecule has 1 atom stereocenters. The number of carbonyl (C=O) groups excluding carboxylic acids is 1.